The number of benzene rings is 2. The molecular formula is C24H28N2O5. The summed E-state index contributed by atoms with van der Waals surface area (Å²) in [5.41, 5.74) is 2.06. The molecule has 0 spiro atoms. The lowest BCUT2D eigenvalue weighted by Crippen LogP contribution is -2.47. The zero-order valence-electron chi connectivity index (χ0n) is 18.4. The van der Waals surface area contributed by atoms with E-state index in [1.165, 1.54) is 13.8 Å². The van der Waals surface area contributed by atoms with Crippen molar-refractivity contribution in [2.45, 2.75) is 46.8 Å². The molecule has 164 valence electrons. The Balaban J connectivity index is 2.05. The fourth-order valence-electron chi connectivity index (χ4n) is 2.94. The van der Waals surface area contributed by atoms with Crippen molar-refractivity contribution < 1.29 is 23.9 Å². The van der Waals surface area contributed by atoms with Gasteiger partial charge in [-0.1, -0.05) is 43.7 Å². The Labute approximate surface area is 182 Å². The highest BCUT2D eigenvalue weighted by Crippen LogP contribution is 2.16. The van der Waals surface area contributed by atoms with Gasteiger partial charge < -0.3 is 15.4 Å². The molecule has 0 aliphatic carbocycles. The van der Waals surface area contributed by atoms with Gasteiger partial charge in [-0.25, -0.2) is 4.79 Å². The average Bonchev–Trinajstić information content (AvgIpc) is 2.71. The van der Waals surface area contributed by atoms with E-state index in [0.717, 1.165) is 5.56 Å². The topological polar surface area (TPSA) is 102 Å². The maximum absolute atomic E-state index is 12.7. The minimum Gasteiger partial charge on any atom is -0.451 e. The maximum Gasteiger partial charge on any atom is 0.329 e. The molecule has 0 radical (unpaired) electrons. The number of carbonyl (C=O) groups excluding carboxylic acids is 4. The first-order valence-electron chi connectivity index (χ1n) is 10.1. The lowest BCUT2D eigenvalue weighted by atomic mass is 10.0. The van der Waals surface area contributed by atoms with Crippen LogP contribution in [0.2, 0.25) is 0 Å². The van der Waals surface area contributed by atoms with E-state index in [1.54, 1.807) is 56.3 Å². The van der Waals surface area contributed by atoms with E-state index in [4.69, 9.17) is 4.74 Å². The third-order valence-corrected chi connectivity index (χ3v) is 4.71. The fourth-order valence-corrected chi connectivity index (χ4v) is 2.94. The molecule has 31 heavy (non-hydrogen) atoms. The van der Waals surface area contributed by atoms with Crippen LogP contribution in [0.25, 0.3) is 0 Å². The van der Waals surface area contributed by atoms with Crippen molar-refractivity contribution in [3.05, 3.63) is 65.2 Å². The summed E-state index contributed by atoms with van der Waals surface area (Å²) in [7, 11) is 0. The van der Waals surface area contributed by atoms with E-state index in [1.807, 2.05) is 13.0 Å². The lowest BCUT2D eigenvalue weighted by molar-refractivity contribution is -0.156. The molecule has 7 nitrogen and oxygen atoms in total. The number of hydrogen-bond acceptors (Lipinski definition) is 5. The zero-order chi connectivity index (χ0) is 23.1. The third-order valence-electron chi connectivity index (χ3n) is 4.71. The number of anilines is 1. The quantitative estimate of drug-likeness (QED) is 0.499. The number of para-hydroxylation sites is 1. The molecule has 0 heterocycles. The van der Waals surface area contributed by atoms with Crippen molar-refractivity contribution in [2.24, 2.45) is 5.92 Å². The van der Waals surface area contributed by atoms with Gasteiger partial charge in [0.2, 0.25) is 0 Å². The summed E-state index contributed by atoms with van der Waals surface area (Å²) in [5, 5.41) is 5.30. The summed E-state index contributed by atoms with van der Waals surface area (Å²) in [4.78, 5) is 49.5. The van der Waals surface area contributed by atoms with Gasteiger partial charge in [0, 0.05) is 11.1 Å². The number of ketones is 1. The fraction of sp³-hybridized carbons (Fsp3) is 0.333. The molecule has 0 saturated heterocycles. The molecule has 0 saturated carbocycles. The number of carbonyl (C=O) groups is 4. The number of esters is 1. The Bertz CT molecular complexity index is 983. The normalized spacial score (nSPS) is 12.6. The molecule has 2 aromatic carbocycles. The standard InChI is InChI=1S/C24H28N2O5/c1-14(2)21(26-23(29)18-10-8-9-15(3)13-18)24(30)31-17(5)22(28)25-20-12-7-6-11-19(20)16(4)27/h6-14,17,21H,1-5H3,(H,25,28)(H,26,29)/t17?,21-/m0/s1. The minimum absolute atomic E-state index is 0.195. The number of aryl methyl sites for hydroxylation is 1. The summed E-state index contributed by atoms with van der Waals surface area (Å²) in [5.74, 6) is -2.13. The summed E-state index contributed by atoms with van der Waals surface area (Å²) in [6.45, 7) is 8.25. The molecule has 0 aliphatic rings. The molecule has 0 bridgehead atoms. The molecule has 2 N–H and O–H groups in total. The van der Waals surface area contributed by atoms with Gasteiger partial charge in [0.25, 0.3) is 11.8 Å². The van der Waals surface area contributed by atoms with Crippen molar-refractivity contribution in [3.8, 4) is 0 Å². The van der Waals surface area contributed by atoms with Gasteiger partial charge in [0.05, 0.1) is 5.69 Å². The van der Waals surface area contributed by atoms with Gasteiger partial charge in [-0.2, -0.15) is 0 Å². The highest BCUT2D eigenvalue weighted by Gasteiger charge is 2.29. The summed E-state index contributed by atoms with van der Waals surface area (Å²) >= 11 is 0. The number of Topliss-reactive ketones (excluding diaryl/α,β-unsaturated/α-hetero) is 1. The summed E-state index contributed by atoms with van der Waals surface area (Å²) < 4.78 is 5.32. The first kappa shape index (κ1) is 23.8. The van der Waals surface area contributed by atoms with Gasteiger partial charge in [0.15, 0.2) is 11.9 Å². The predicted molar refractivity (Wildman–Crippen MR) is 118 cm³/mol. The number of nitrogens with one attached hydrogen (secondary N) is 2. The van der Waals surface area contributed by atoms with E-state index in [-0.39, 0.29) is 11.7 Å². The van der Waals surface area contributed by atoms with Crippen LogP contribution in [0.15, 0.2) is 48.5 Å². The molecule has 2 atom stereocenters. The smallest absolute Gasteiger partial charge is 0.329 e. The van der Waals surface area contributed by atoms with Crippen LogP contribution < -0.4 is 10.6 Å². The van der Waals surface area contributed by atoms with Crippen LogP contribution in [0.3, 0.4) is 0 Å². The molecule has 0 aliphatic heterocycles. The van der Waals surface area contributed by atoms with E-state index < -0.39 is 29.9 Å². The highest BCUT2D eigenvalue weighted by molar-refractivity contribution is 6.05. The third kappa shape index (κ3) is 6.50. The molecule has 7 heteroatoms. The zero-order valence-corrected chi connectivity index (χ0v) is 18.4. The largest absolute Gasteiger partial charge is 0.451 e. The van der Waals surface area contributed by atoms with E-state index in [9.17, 15) is 19.2 Å². The Morgan fingerprint density at radius 3 is 2.23 bits per heavy atom. The molecule has 2 amide bonds. The molecule has 0 aromatic heterocycles. The lowest BCUT2D eigenvalue weighted by Gasteiger charge is -2.23. The summed E-state index contributed by atoms with van der Waals surface area (Å²) in [6.07, 6.45) is -1.12. The Morgan fingerprint density at radius 2 is 1.61 bits per heavy atom. The van der Waals surface area contributed by atoms with Crippen LogP contribution in [-0.2, 0) is 14.3 Å². The number of rotatable bonds is 8. The minimum atomic E-state index is -1.12. The Kier molecular flexibility index (Phi) is 8.07. The van der Waals surface area contributed by atoms with Crippen molar-refractivity contribution >= 4 is 29.3 Å². The predicted octanol–water partition coefficient (Wildman–Crippen LogP) is 3.52. The Morgan fingerprint density at radius 1 is 0.935 bits per heavy atom. The van der Waals surface area contributed by atoms with Crippen LogP contribution >= 0.6 is 0 Å². The van der Waals surface area contributed by atoms with E-state index in [2.05, 4.69) is 10.6 Å². The first-order valence-corrected chi connectivity index (χ1v) is 10.1. The van der Waals surface area contributed by atoms with Crippen molar-refractivity contribution in [1.82, 2.24) is 5.32 Å². The Hall–Kier alpha value is -3.48. The van der Waals surface area contributed by atoms with Crippen LogP contribution in [0.4, 0.5) is 5.69 Å². The number of amides is 2. The molecule has 2 aromatic rings. The van der Waals surface area contributed by atoms with Crippen molar-refractivity contribution in [3.63, 3.8) is 0 Å². The summed E-state index contributed by atoms with van der Waals surface area (Å²) in [6, 6.07) is 12.7. The first-order chi connectivity index (χ1) is 14.6. The molecule has 0 fully saturated rings. The van der Waals surface area contributed by atoms with Crippen molar-refractivity contribution in [2.75, 3.05) is 5.32 Å². The van der Waals surface area contributed by atoms with Gasteiger partial charge in [-0.05, 0) is 51.0 Å². The molecular weight excluding hydrogens is 396 g/mol. The number of ether oxygens (including phenoxy) is 1. The van der Waals surface area contributed by atoms with E-state index >= 15 is 0 Å². The maximum atomic E-state index is 12.7. The molecule has 2 rings (SSSR count). The van der Waals surface area contributed by atoms with Crippen LogP contribution in [0.1, 0.15) is 54.0 Å². The van der Waals surface area contributed by atoms with Gasteiger partial charge in [-0.3, -0.25) is 14.4 Å². The second-order valence-corrected chi connectivity index (χ2v) is 7.73. The average molecular weight is 424 g/mol. The second kappa shape index (κ2) is 10.5. The van der Waals surface area contributed by atoms with Gasteiger partial charge >= 0.3 is 5.97 Å². The van der Waals surface area contributed by atoms with E-state index in [0.29, 0.717) is 16.8 Å². The van der Waals surface area contributed by atoms with Gasteiger partial charge in [0.1, 0.15) is 6.04 Å². The number of hydrogen-bond donors (Lipinski definition) is 2. The van der Waals surface area contributed by atoms with Crippen LogP contribution in [-0.4, -0.2) is 35.7 Å². The van der Waals surface area contributed by atoms with Crippen LogP contribution in [0.5, 0.6) is 0 Å². The van der Waals surface area contributed by atoms with Crippen LogP contribution in [0, 0.1) is 12.8 Å². The van der Waals surface area contributed by atoms with Gasteiger partial charge in [-0.15, -0.1) is 0 Å². The second-order valence-electron chi connectivity index (χ2n) is 7.73. The highest BCUT2D eigenvalue weighted by atomic mass is 16.5. The monoisotopic (exact) mass is 424 g/mol. The SMILES string of the molecule is CC(=O)c1ccccc1NC(=O)C(C)OC(=O)[C@@H](NC(=O)c1cccc(C)c1)C(C)C. The molecule has 1 unspecified atom stereocenters. The van der Waals surface area contributed by atoms with Crippen molar-refractivity contribution in [1.29, 1.82) is 0 Å².